The van der Waals surface area contributed by atoms with Crippen molar-refractivity contribution in [3.8, 4) is 0 Å². The van der Waals surface area contributed by atoms with Gasteiger partial charge in [-0.25, -0.2) is 9.36 Å². The van der Waals surface area contributed by atoms with Gasteiger partial charge in [-0.3, -0.25) is 18.6 Å². The van der Waals surface area contributed by atoms with Crippen LogP contribution in [0.2, 0.25) is 0 Å². The number of aliphatic carboxylic acids is 1. The van der Waals surface area contributed by atoms with E-state index in [9.17, 15) is 34.1 Å². The molecular weight excluding hydrogens is 553 g/mol. The number of aliphatic hydroxyl groups excluding tert-OH is 1. The number of phosphoric ester groups is 1. The molecule has 0 rings (SSSR count). The first-order chi connectivity index (χ1) is 19.6. The van der Waals surface area contributed by atoms with Crippen molar-refractivity contribution in [2.24, 2.45) is 0 Å². The highest BCUT2D eigenvalue weighted by Gasteiger charge is 2.28. The zero-order valence-electron chi connectivity index (χ0n) is 24.8. The van der Waals surface area contributed by atoms with E-state index in [1.807, 2.05) is 0 Å². The summed E-state index contributed by atoms with van der Waals surface area (Å²) in [6.07, 6.45) is 21.9. The second-order valence-electron chi connectivity index (χ2n) is 9.90. The molecule has 11 nitrogen and oxygen atoms in total. The lowest BCUT2D eigenvalue weighted by Gasteiger charge is -2.18. The van der Waals surface area contributed by atoms with Gasteiger partial charge in [-0.2, -0.15) is 0 Å². The van der Waals surface area contributed by atoms with Gasteiger partial charge in [0.1, 0.15) is 12.7 Å². The largest absolute Gasteiger partial charge is 0.480 e. The molecule has 0 aliphatic heterocycles. The van der Waals surface area contributed by atoms with Gasteiger partial charge in [0, 0.05) is 12.8 Å². The van der Waals surface area contributed by atoms with Gasteiger partial charge >= 0.3 is 19.8 Å². The minimum Gasteiger partial charge on any atom is -0.480 e. The standard InChI is InChI=1S/C29H52NO10P/c1-3-5-6-7-8-9-10-11-12-13-14-15-16-17-18-19-20-21-27(32)30-26(29(34)35)24-40-41(36,37)39-23-25(31)22-38-28(33)4-2/h8-9,11-12,25-26,31H,3-7,10,13-24H2,1-2H3,(H,30,32)(H,34,35)(H,36,37)/b9-8-,12-11-. The SMILES string of the molecule is CCCCC/C=C\C/C=C\CCCCCCCCCC(=O)NC(COP(=O)(O)OCC(O)COC(=O)CC)C(=O)O. The van der Waals surface area contributed by atoms with Crippen LogP contribution in [0.3, 0.4) is 0 Å². The number of carbonyl (C=O) groups excluding carboxylic acids is 2. The van der Waals surface area contributed by atoms with Crippen molar-refractivity contribution in [1.29, 1.82) is 0 Å². The quantitative estimate of drug-likeness (QED) is 0.0400. The molecule has 4 N–H and O–H groups in total. The molecule has 3 atom stereocenters. The van der Waals surface area contributed by atoms with Gasteiger partial charge in [0.2, 0.25) is 5.91 Å². The Hall–Kier alpha value is -2.04. The van der Waals surface area contributed by atoms with E-state index in [4.69, 9.17) is 0 Å². The van der Waals surface area contributed by atoms with Crippen molar-refractivity contribution in [3.05, 3.63) is 24.3 Å². The molecule has 41 heavy (non-hydrogen) atoms. The number of aliphatic hydroxyl groups is 1. The molecule has 0 radical (unpaired) electrons. The fourth-order valence-corrected chi connectivity index (χ4v) is 4.39. The number of rotatable bonds is 27. The van der Waals surface area contributed by atoms with Crippen LogP contribution in [0, 0.1) is 0 Å². The highest BCUT2D eigenvalue weighted by molar-refractivity contribution is 7.47. The predicted molar refractivity (Wildman–Crippen MR) is 157 cm³/mol. The van der Waals surface area contributed by atoms with Crippen LogP contribution in [0.1, 0.15) is 110 Å². The van der Waals surface area contributed by atoms with Crippen molar-refractivity contribution in [1.82, 2.24) is 5.32 Å². The first kappa shape index (κ1) is 39.0. The summed E-state index contributed by atoms with van der Waals surface area (Å²) in [5, 5.41) is 21.2. The first-order valence-electron chi connectivity index (χ1n) is 14.9. The Labute approximate surface area is 245 Å². The fraction of sp³-hybridized carbons (Fsp3) is 0.759. The molecule has 0 aliphatic rings. The van der Waals surface area contributed by atoms with Crippen molar-refractivity contribution in [2.45, 2.75) is 122 Å². The first-order valence-corrected chi connectivity index (χ1v) is 16.4. The molecular formula is C29H52NO10P. The fourth-order valence-electron chi connectivity index (χ4n) is 3.62. The van der Waals surface area contributed by atoms with Gasteiger partial charge in [0.25, 0.3) is 0 Å². The summed E-state index contributed by atoms with van der Waals surface area (Å²) in [4.78, 5) is 44.3. The van der Waals surface area contributed by atoms with Crippen molar-refractivity contribution < 1.29 is 47.8 Å². The van der Waals surface area contributed by atoms with E-state index in [1.165, 1.54) is 38.5 Å². The summed E-state index contributed by atoms with van der Waals surface area (Å²) in [5.74, 6) is -2.48. The number of allylic oxidation sites excluding steroid dienone is 4. The number of carboxylic acids is 1. The molecule has 0 spiro atoms. The molecule has 0 aromatic heterocycles. The smallest absolute Gasteiger partial charge is 0.472 e. The molecule has 0 aliphatic carbocycles. The van der Waals surface area contributed by atoms with Crippen LogP contribution in [-0.4, -0.2) is 64.9 Å². The van der Waals surface area contributed by atoms with Gasteiger partial charge in [0.05, 0.1) is 13.2 Å². The molecule has 0 bridgehead atoms. The zero-order chi connectivity index (χ0) is 30.8. The molecule has 12 heteroatoms. The summed E-state index contributed by atoms with van der Waals surface area (Å²) in [7, 11) is -4.71. The summed E-state index contributed by atoms with van der Waals surface area (Å²) >= 11 is 0. The molecule has 0 aromatic carbocycles. The van der Waals surface area contributed by atoms with Gasteiger partial charge < -0.3 is 25.2 Å². The molecule has 0 saturated heterocycles. The summed E-state index contributed by atoms with van der Waals surface area (Å²) in [6, 6.07) is -1.54. The van der Waals surface area contributed by atoms with Crippen molar-refractivity contribution >= 4 is 25.7 Å². The molecule has 1 amide bonds. The van der Waals surface area contributed by atoms with Gasteiger partial charge in [-0.1, -0.05) is 83.1 Å². The number of hydrogen-bond acceptors (Lipinski definition) is 8. The number of hydrogen-bond donors (Lipinski definition) is 4. The number of carboxylic acid groups (broad SMARTS) is 1. The molecule has 0 aromatic rings. The Kier molecular flexibility index (Phi) is 24.4. The number of nitrogens with one attached hydrogen (secondary N) is 1. The van der Waals surface area contributed by atoms with E-state index in [0.717, 1.165) is 38.5 Å². The molecule has 0 fully saturated rings. The number of carbonyl (C=O) groups is 3. The lowest BCUT2D eigenvalue weighted by atomic mass is 10.1. The Morgan fingerprint density at radius 2 is 1.37 bits per heavy atom. The maximum atomic E-state index is 12.1. The van der Waals surface area contributed by atoms with Crippen LogP contribution in [0.4, 0.5) is 0 Å². The van der Waals surface area contributed by atoms with Crippen LogP contribution in [0.15, 0.2) is 24.3 Å². The third-order valence-corrected chi connectivity index (χ3v) is 7.00. The van der Waals surface area contributed by atoms with Crippen LogP contribution in [0.25, 0.3) is 0 Å². The lowest BCUT2D eigenvalue weighted by Crippen LogP contribution is -2.43. The Morgan fingerprint density at radius 1 is 0.805 bits per heavy atom. The van der Waals surface area contributed by atoms with Crippen LogP contribution in [-0.2, 0) is 32.7 Å². The van der Waals surface area contributed by atoms with Gasteiger partial charge in [-0.05, 0) is 38.5 Å². The Morgan fingerprint density at radius 3 is 1.95 bits per heavy atom. The second kappa shape index (κ2) is 25.7. The summed E-state index contributed by atoms with van der Waals surface area (Å²) < 4.78 is 25.9. The topological polar surface area (TPSA) is 169 Å². The monoisotopic (exact) mass is 605 g/mol. The Bertz CT molecular complexity index is 817. The second-order valence-corrected chi connectivity index (χ2v) is 11.4. The van der Waals surface area contributed by atoms with Crippen molar-refractivity contribution in [3.63, 3.8) is 0 Å². The number of esters is 1. The van der Waals surface area contributed by atoms with Crippen LogP contribution >= 0.6 is 7.82 Å². The van der Waals surface area contributed by atoms with E-state index >= 15 is 0 Å². The van der Waals surface area contributed by atoms with Crippen LogP contribution < -0.4 is 5.32 Å². The van der Waals surface area contributed by atoms with E-state index in [-0.39, 0.29) is 12.8 Å². The molecule has 238 valence electrons. The average Bonchev–Trinajstić information content (AvgIpc) is 2.94. The van der Waals surface area contributed by atoms with E-state index in [0.29, 0.717) is 6.42 Å². The maximum absolute atomic E-state index is 12.1. The normalized spacial score (nSPS) is 14.6. The lowest BCUT2D eigenvalue weighted by molar-refractivity contribution is -0.146. The Balaban J connectivity index is 3.94. The maximum Gasteiger partial charge on any atom is 0.472 e. The van der Waals surface area contributed by atoms with Gasteiger partial charge in [0.15, 0.2) is 6.04 Å². The van der Waals surface area contributed by atoms with E-state index in [2.05, 4.69) is 50.3 Å². The summed E-state index contributed by atoms with van der Waals surface area (Å²) in [5.41, 5.74) is 0. The average molecular weight is 606 g/mol. The number of phosphoric acid groups is 1. The predicted octanol–water partition coefficient (Wildman–Crippen LogP) is 5.60. The minimum absolute atomic E-state index is 0.105. The van der Waals surface area contributed by atoms with Gasteiger partial charge in [-0.15, -0.1) is 0 Å². The highest BCUT2D eigenvalue weighted by Crippen LogP contribution is 2.43. The third-order valence-electron chi connectivity index (χ3n) is 6.05. The molecule has 0 heterocycles. The molecule has 3 unspecified atom stereocenters. The number of unbranched alkanes of at least 4 members (excludes halogenated alkanes) is 10. The van der Waals surface area contributed by atoms with E-state index < -0.39 is 57.6 Å². The van der Waals surface area contributed by atoms with E-state index in [1.54, 1.807) is 6.92 Å². The summed E-state index contributed by atoms with van der Waals surface area (Å²) in [6.45, 7) is 1.86. The zero-order valence-corrected chi connectivity index (χ0v) is 25.7. The van der Waals surface area contributed by atoms with Crippen LogP contribution in [0.5, 0.6) is 0 Å². The molecule has 0 saturated carbocycles. The number of ether oxygens (including phenoxy) is 1. The third kappa shape index (κ3) is 25.4. The highest BCUT2D eigenvalue weighted by atomic mass is 31.2. The van der Waals surface area contributed by atoms with Crippen molar-refractivity contribution in [2.75, 3.05) is 19.8 Å². The minimum atomic E-state index is -4.71. The number of amides is 1.